The summed E-state index contributed by atoms with van der Waals surface area (Å²) in [5, 5.41) is 0. The highest BCUT2D eigenvalue weighted by atomic mass is 16.6. The molecule has 152 valence electrons. The summed E-state index contributed by atoms with van der Waals surface area (Å²) in [7, 11) is 3.91. The second-order valence-corrected chi connectivity index (χ2v) is 7.56. The molecule has 4 heteroatoms. The number of nitrogens with zero attached hydrogens (tertiary/aromatic N) is 1. The molecule has 0 aliphatic carbocycles. The fourth-order valence-electron chi connectivity index (χ4n) is 3.24. The summed E-state index contributed by atoms with van der Waals surface area (Å²) in [6, 6.07) is 19.3. The predicted octanol–water partition coefficient (Wildman–Crippen LogP) is 4.49. The molecule has 0 amide bonds. The van der Waals surface area contributed by atoms with Crippen molar-refractivity contribution in [1.82, 2.24) is 4.90 Å². The monoisotopic (exact) mass is 383 g/mol. The van der Waals surface area contributed by atoms with Crippen LogP contribution < -0.4 is 0 Å². The summed E-state index contributed by atoms with van der Waals surface area (Å²) in [6.07, 6.45) is 2.14. The molecule has 0 aliphatic rings. The van der Waals surface area contributed by atoms with E-state index >= 15 is 0 Å². The molecule has 4 nitrogen and oxygen atoms in total. The van der Waals surface area contributed by atoms with Crippen LogP contribution in [0.5, 0.6) is 0 Å². The summed E-state index contributed by atoms with van der Waals surface area (Å²) < 4.78 is 12.2. The lowest BCUT2D eigenvalue weighted by molar-refractivity contribution is -0.170. The van der Waals surface area contributed by atoms with Gasteiger partial charge < -0.3 is 14.4 Å². The first kappa shape index (κ1) is 22.1. The van der Waals surface area contributed by atoms with Crippen LogP contribution in [0.1, 0.15) is 37.8 Å². The molecule has 1 atom stereocenters. The lowest BCUT2D eigenvalue weighted by Gasteiger charge is -2.34. The minimum Gasteiger partial charge on any atom is -0.462 e. The highest BCUT2D eigenvalue weighted by molar-refractivity contribution is 5.85. The molecule has 2 aromatic carbocycles. The molecule has 0 radical (unpaired) electrons. The number of esters is 1. The summed E-state index contributed by atoms with van der Waals surface area (Å²) >= 11 is 0. The third-order valence-electron chi connectivity index (χ3n) is 4.79. The highest BCUT2D eigenvalue weighted by Gasteiger charge is 2.45. The Kier molecular flexibility index (Phi) is 8.68. The minimum atomic E-state index is -1.27. The number of carbonyl (C=O) groups excluding carboxylic acids is 1. The van der Waals surface area contributed by atoms with E-state index in [-0.39, 0.29) is 5.97 Å². The lowest BCUT2D eigenvalue weighted by atomic mass is 9.85. The van der Waals surface area contributed by atoms with Gasteiger partial charge in [-0.1, -0.05) is 80.9 Å². The summed E-state index contributed by atoms with van der Waals surface area (Å²) in [4.78, 5) is 15.4. The Labute approximate surface area is 169 Å². The van der Waals surface area contributed by atoms with Crippen LogP contribution in [0.3, 0.4) is 0 Å². The van der Waals surface area contributed by atoms with E-state index in [1.54, 1.807) is 0 Å². The maximum Gasteiger partial charge on any atom is 0.347 e. The SMILES string of the molecule is CCCC(C)COC(C(=O)OCCN(C)C)(c1ccccc1)c1ccccc1. The number of ether oxygens (including phenoxy) is 2. The van der Waals surface area contributed by atoms with Gasteiger partial charge in [0.1, 0.15) is 6.61 Å². The van der Waals surface area contributed by atoms with Crippen molar-refractivity contribution >= 4 is 5.97 Å². The lowest BCUT2D eigenvalue weighted by Crippen LogP contribution is -2.43. The van der Waals surface area contributed by atoms with Crippen LogP contribution in [0.15, 0.2) is 60.7 Å². The third-order valence-corrected chi connectivity index (χ3v) is 4.79. The van der Waals surface area contributed by atoms with E-state index in [1.165, 1.54) is 0 Å². The molecule has 2 aromatic rings. The largest absolute Gasteiger partial charge is 0.462 e. The molecule has 0 saturated heterocycles. The third kappa shape index (κ3) is 5.66. The number of likely N-dealkylation sites (N-methyl/N-ethyl adjacent to an activating group) is 1. The van der Waals surface area contributed by atoms with Gasteiger partial charge in [0, 0.05) is 6.54 Å². The van der Waals surface area contributed by atoms with Crippen LogP contribution >= 0.6 is 0 Å². The van der Waals surface area contributed by atoms with Gasteiger partial charge in [0.15, 0.2) is 0 Å². The maximum absolute atomic E-state index is 13.5. The zero-order valence-electron chi connectivity index (χ0n) is 17.6. The first-order valence-corrected chi connectivity index (χ1v) is 10.1. The van der Waals surface area contributed by atoms with Crippen molar-refractivity contribution in [3.63, 3.8) is 0 Å². The fraction of sp³-hybridized carbons (Fsp3) is 0.458. The van der Waals surface area contributed by atoms with Gasteiger partial charge in [-0.15, -0.1) is 0 Å². The van der Waals surface area contributed by atoms with E-state index in [4.69, 9.17) is 9.47 Å². The number of rotatable bonds is 11. The average Bonchev–Trinajstić information content (AvgIpc) is 2.70. The summed E-state index contributed by atoms with van der Waals surface area (Å²) in [5.41, 5.74) is 0.316. The topological polar surface area (TPSA) is 38.8 Å². The first-order valence-electron chi connectivity index (χ1n) is 10.1. The predicted molar refractivity (Wildman–Crippen MR) is 113 cm³/mol. The molecule has 0 N–H and O–H groups in total. The van der Waals surface area contributed by atoms with Crippen molar-refractivity contribution in [2.75, 3.05) is 33.9 Å². The van der Waals surface area contributed by atoms with Gasteiger partial charge in [0.25, 0.3) is 0 Å². The van der Waals surface area contributed by atoms with Crippen molar-refractivity contribution in [2.24, 2.45) is 5.92 Å². The Morgan fingerprint density at radius 3 is 2.00 bits per heavy atom. The normalized spacial score (nSPS) is 12.8. The van der Waals surface area contributed by atoms with Gasteiger partial charge in [-0.25, -0.2) is 4.79 Å². The van der Waals surface area contributed by atoms with Crippen LogP contribution in [0.25, 0.3) is 0 Å². The maximum atomic E-state index is 13.5. The quantitative estimate of drug-likeness (QED) is 0.536. The van der Waals surface area contributed by atoms with Gasteiger partial charge in [0.2, 0.25) is 5.60 Å². The van der Waals surface area contributed by atoms with Gasteiger partial charge in [-0.05, 0) is 37.6 Å². The smallest absolute Gasteiger partial charge is 0.347 e. The van der Waals surface area contributed by atoms with Crippen LogP contribution in [-0.2, 0) is 19.9 Å². The molecule has 28 heavy (non-hydrogen) atoms. The zero-order valence-corrected chi connectivity index (χ0v) is 17.6. The zero-order chi connectivity index (χ0) is 20.4. The fourth-order valence-corrected chi connectivity index (χ4v) is 3.24. The number of hydrogen-bond donors (Lipinski definition) is 0. The standard InChI is InChI=1S/C24H33NO3/c1-5-12-20(2)19-28-24(21-13-8-6-9-14-21,22-15-10-7-11-16-22)23(26)27-18-17-25(3)4/h6-11,13-16,20H,5,12,17-19H2,1-4H3. The Morgan fingerprint density at radius 2 is 1.54 bits per heavy atom. The van der Waals surface area contributed by atoms with Crippen molar-refractivity contribution in [1.29, 1.82) is 0 Å². The molecule has 1 unspecified atom stereocenters. The van der Waals surface area contributed by atoms with Gasteiger partial charge in [-0.3, -0.25) is 0 Å². The number of carbonyl (C=O) groups is 1. The van der Waals surface area contributed by atoms with Crippen LogP contribution in [0.4, 0.5) is 0 Å². The van der Waals surface area contributed by atoms with Crippen molar-refractivity contribution < 1.29 is 14.3 Å². The van der Waals surface area contributed by atoms with E-state index < -0.39 is 5.60 Å². The number of benzene rings is 2. The van der Waals surface area contributed by atoms with Gasteiger partial charge in [0.05, 0.1) is 6.61 Å². The molecular weight excluding hydrogens is 350 g/mol. The molecule has 2 rings (SSSR count). The molecule has 0 aromatic heterocycles. The molecule has 0 aliphatic heterocycles. The van der Waals surface area contributed by atoms with Crippen molar-refractivity contribution in [3.8, 4) is 0 Å². The second kappa shape index (κ2) is 11.0. The van der Waals surface area contributed by atoms with Gasteiger partial charge >= 0.3 is 5.97 Å². The molecule has 0 spiro atoms. The van der Waals surface area contributed by atoms with Crippen LogP contribution in [0, 0.1) is 5.92 Å². The summed E-state index contributed by atoms with van der Waals surface area (Å²) in [6.45, 7) is 5.79. The number of hydrogen-bond acceptors (Lipinski definition) is 4. The Bertz CT molecular complexity index is 661. The second-order valence-electron chi connectivity index (χ2n) is 7.56. The molecule has 0 heterocycles. The van der Waals surface area contributed by atoms with Gasteiger partial charge in [-0.2, -0.15) is 0 Å². The van der Waals surface area contributed by atoms with Crippen molar-refractivity contribution in [2.45, 2.75) is 32.3 Å². The Morgan fingerprint density at radius 1 is 1.00 bits per heavy atom. The highest BCUT2D eigenvalue weighted by Crippen LogP contribution is 2.36. The van der Waals surface area contributed by atoms with Crippen molar-refractivity contribution in [3.05, 3.63) is 71.8 Å². The van der Waals surface area contributed by atoms with E-state index in [2.05, 4.69) is 13.8 Å². The van der Waals surface area contributed by atoms with Crippen LogP contribution in [-0.4, -0.2) is 44.7 Å². The van der Waals surface area contributed by atoms with Crippen LogP contribution in [0.2, 0.25) is 0 Å². The van der Waals surface area contributed by atoms with E-state index in [1.807, 2.05) is 79.7 Å². The molecule has 0 saturated carbocycles. The van der Waals surface area contributed by atoms with E-state index in [9.17, 15) is 4.79 Å². The molecule has 0 fully saturated rings. The van der Waals surface area contributed by atoms with E-state index in [0.717, 1.165) is 24.0 Å². The average molecular weight is 384 g/mol. The van der Waals surface area contributed by atoms with E-state index in [0.29, 0.717) is 25.7 Å². The minimum absolute atomic E-state index is 0.321. The molecular formula is C24H33NO3. The summed E-state index contributed by atoms with van der Waals surface area (Å²) in [5.74, 6) is -0.0122. The Hall–Kier alpha value is -2.17. The molecule has 0 bridgehead atoms. The Balaban J connectivity index is 2.44. The first-order chi connectivity index (χ1) is 13.5.